The largest absolute Gasteiger partial charge is 0.465 e. The molecule has 0 spiro atoms. The fourth-order valence-electron chi connectivity index (χ4n) is 1.60. The second-order valence-corrected chi connectivity index (χ2v) is 5.21. The molecule has 0 bridgehead atoms. The predicted molar refractivity (Wildman–Crippen MR) is 71.7 cm³/mol. The van der Waals surface area contributed by atoms with Crippen LogP contribution in [0.1, 0.15) is 59.8 Å². The number of nitrogens with two attached hydrogens (primary N) is 1. The number of esters is 1. The number of unbranched alkanes of at least 4 members (excludes halogenated alkanes) is 1. The number of rotatable bonds is 9. The Morgan fingerprint density at radius 3 is 2.41 bits per heavy atom. The van der Waals surface area contributed by atoms with Crippen LogP contribution in [0.5, 0.6) is 0 Å². The van der Waals surface area contributed by atoms with Crippen molar-refractivity contribution < 1.29 is 9.53 Å². The maximum atomic E-state index is 11.5. The Balaban J connectivity index is 3.80. The minimum Gasteiger partial charge on any atom is -0.465 e. The monoisotopic (exact) mass is 243 g/mol. The van der Waals surface area contributed by atoms with Gasteiger partial charge in [-0.15, -0.1) is 0 Å². The van der Waals surface area contributed by atoms with E-state index in [1.807, 2.05) is 13.8 Å². The molecule has 0 aromatic heterocycles. The Hall–Kier alpha value is -0.570. The number of carbonyl (C=O) groups is 1. The molecule has 0 heterocycles. The maximum Gasteiger partial charge on any atom is 0.307 e. The van der Waals surface area contributed by atoms with Crippen LogP contribution in [0.3, 0.4) is 0 Å². The summed E-state index contributed by atoms with van der Waals surface area (Å²) in [6.07, 6.45) is 4.96. The predicted octanol–water partition coefficient (Wildman–Crippen LogP) is 3.12. The number of ether oxygens (including phenoxy) is 1. The fraction of sp³-hybridized carbons (Fsp3) is 0.929. The molecule has 2 N–H and O–H groups in total. The van der Waals surface area contributed by atoms with Crippen LogP contribution in [0.2, 0.25) is 0 Å². The molecule has 0 aliphatic heterocycles. The van der Waals surface area contributed by atoms with Crippen LogP contribution < -0.4 is 5.73 Å². The molecule has 0 aliphatic rings. The first-order valence-corrected chi connectivity index (χ1v) is 6.92. The summed E-state index contributed by atoms with van der Waals surface area (Å²) in [7, 11) is 0. The molecule has 0 aromatic rings. The lowest BCUT2D eigenvalue weighted by Crippen LogP contribution is -2.30. The minimum absolute atomic E-state index is 0.0850. The molecule has 0 radical (unpaired) electrons. The highest BCUT2D eigenvalue weighted by Gasteiger charge is 2.15. The van der Waals surface area contributed by atoms with Gasteiger partial charge in [0.05, 0.1) is 13.0 Å². The van der Waals surface area contributed by atoms with Crippen molar-refractivity contribution in [3.8, 4) is 0 Å². The Morgan fingerprint density at radius 1 is 1.29 bits per heavy atom. The van der Waals surface area contributed by atoms with Gasteiger partial charge in [0, 0.05) is 6.04 Å². The topological polar surface area (TPSA) is 52.3 Å². The van der Waals surface area contributed by atoms with E-state index >= 15 is 0 Å². The van der Waals surface area contributed by atoms with Gasteiger partial charge in [-0.25, -0.2) is 0 Å². The van der Waals surface area contributed by atoms with Crippen molar-refractivity contribution in [1.82, 2.24) is 0 Å². The van der Waals surface area contributed by atoms with E-state index in [2.05, 4.69) is 13.8 Å². The molecule has 0 fully saturated rings. The first kappa shape index (κ1) is 16.4. The van der Waals surface area contributed by atoms with E-state index in [1.54, 1.807) is 0 Å². The Kier molecular flexibility index (Phi) is 9.14. The van der Waals surface area contributed by atoms with Gasteiger partial charge in [0.15, 0.2) is 0 Å². The molecule has 0 amide bonds. The molecule has 0 rings (SSSR count). The highest BCUT2D eigenvalue weighted by atomic mass is 16.5. The number of hydrogen-bond acceptors (Lipinski definition) is 3. The van der Waals surface area contributed by atoms with Crippen LogP contribution in [0, 0.1) is 11.8 Å². The third-order valence-electron chi connectivity index (χ3n) is 3.28. The van der Waals surface area contributed by atoms with Crippen LogP contribution in [0.4, 0.5) is 0 Å². The van der Waals surface area contributed by atoms with Crippen LogP contribution in [0.25, 0.3) is 0 Å². The smallest absolute Gasteiger partial charge is 0.307 e. The van der Waals surface area contributed by atoms with Crippen molar-refractivity contribution in [2.75, 3.05) is 6.61 Å². The molecular weight excluding hydrogens is 214 g/mol. The molecule has 3 nitrogen and oxygen atoms in total. The second-order valence-electron chi connectivity index (χ2n) is 5.21. The summed E-state index contributed by atoms with van der Waals surface area (Å²) in [6, 6.07) is -0.0850. The maximum absolute atomic E-state index is 11.5. The van der Waals surface area contributed by atoms with Crippen molar-refractivity contribution in [2.45, 2.75) is 65.8 Å². The van der Waals surface area contributed by atoms with Crippen molar-refractivity contribution >= 4 is 5.97 Å². The van der Waals surface area contributed by atoms with Gasteiger partial charge in [-0.05, 0) is 18.3 Å². The van der Waals surface area contributed by atoms with Crippen molar-refractivity contribution in [2.24, 2.45) is 17.6 Å². The van der Waals surface area contributed by atoms with Gasteiger partial charge in [-0.3, -0.25) is 4.79 Å². The summed E-state index contributed by atoms with van der Waals surface area (Å²) in [5, 5.41) is 0. The second kappa shape index (κ2) is 9.46. The van der Waals surface area contributed by atoms with Crippen molar-refractivity contribution in [3.63, 3.8) is 0 Å². The fourth-order valence-corrected chi connectivity index (χ4v) is 1.60. The summed E-state index contributed by atoms with van der Waals surface area (Å²) in [6.45, 7) is 8.93. The van der Waals surface area contributed by atoms with E-state index in [4.69, 9.17) is 10.5 Å². The van der Waals surface area contributed by atoms with Gasteiger partial charge in [-0.1, -0.05) is 47.0 Å². The quantitative estimate of drug-likeness (QED) is 0.633. The van der Waals surface area contributed by atoms with E-state index < -0.39 is 0 Å². The van der Waals surface area contributed by atoms with Crippen LogP contribution >= 0.6 is 0 Å². The van der Waals surface area contributed by atoms with E-state index in [-0.39, 0.29) is 12.0 Å². The summed E-state index contributed by atoms with van der Waals surface area (Å²) in [5.74, 6) is 0.680. The van der Waals surface area contributed by atoms with Gasteiger partial charge < -0.3 is 10.5 Å². The number of hydrogen-bond donors (Lipinski definition) is 1. The van der Waals surface area contributed by atoms with E-state index in [0.29, 0.717) is 24.9 Å². The summed E-state index contributed by atoms with van der Waals surface area (Å²) < 4.78 is 5.29. The van der Waals surface area contributed by atoms with Crippen molar-refractivity contribution in [1.29, 1.82) is 0 Å². The van der Waals surface area contributed by atoms with E-state index in [1.165, 1.54) is 12.8 Å². The molecule has 2 unspecified atom stereocenters. The lowest BCUT2D eigenvalue weighted by atomic mass is 10.0. The highest BCUT2D eigenvalue weighted by molar-refractivity contribution is 5.70. The number of carbonyl (C=O) groups excluding carboxylic acids is 1. The summed E-state index contributed by atoms with van der Waals surface area (Å²) in [5.41, 5.74) is 5.84. The highest BCUT2D eigenvalue weighted by Crippen LogP contribution is 2.13. The van der Waals surface area contributed by atoms with Gasteiger partial charge in [0.2, 0.25) is 0 Å². The average Bonchev–Trinajstić information content (AvgIpc) is 2.29. The van der Waals surface area contributed by atoms with Crippen LogP contribution in [0.15, 0.2) is 0 Å². The van der Waals surface area contributed by atoms with E-state index in [9.17, 15) is 4.79 Å². The molecule has 0 saturated carbocycles. The molecule has 0 aliphatic carbocycles. The first-order chi connectivity index (χ1) is 8.01. The normalized spacial score (nSPS) is 14.7. The summed E-state index contributed by atoms with van der Waals surface area (Å²) in [4.78, 5) is 11.5. The standard InChI is InChI=1S/C14H29NO2/c1-5-7-8-12(6-2)10-17-14(16)9-13(15)11(3)4/h11-13H,5-10,15H2,1-4H3. The Bertz CT molecular complexity index is 204. The Labute approximate surface area is 106 Å². The van der Waals surface area contributed by atoms with Crippen LogP contribution in [-0.4, -0.2) is 18.6 Å². The lowest BCUT2D eigenvalue weighted by molar-refractivity contribution is -0.145. The molecule has 3 heteroatoms. The van der Waals surface area contributed by atoms with Gasteiger partial charge in [0.25, 0.3) is 0 Å². The molecule has 0 aromatic carbocycles. The molecule has 2 atom stereocenters. The third kappa shape index (κ3) is 8.19. The van der Waals surface area contributed by atoms with Crippen LogP contribution in [-0.2, 0) is 9.53 Å². The average molecular weight is 243 g/mol. The third-order valence-corrected chi connectivity index (χ3v) is 3.28. The SMILES string of the molecule is CCCCC(CC)COC(=O)CC(N)C(C)C. The first-order valence-electron chi connectivity index (χ1n) is 6.92. The zero-order valence-corrected chi connectivity index (χ0v) is 11.9. The molecule has 17 heavy (non-hydrogen) atoms. The molecule has 0 saturated heterocycles. The van der Waals surface area contributed by atoms with Gasteiger partial charge in [0.1, 0.15) is 0 Å². The summed E-state index contributed by atoms with van der Waals surface area (Å²) >= 11 is 0. The Morgan fingerprint density at radius 2 is 1.94 bits per heavy atom. The van der Waals surface area contributed by atoms with Crippen molar-refractivity contribution in [3.05, 3.63) is 0 Å². The molecular formula is C14H29NO2. The minimum atomic E-state index is -0.152. The lowest BCUT2D eigenvalue weighted by Gasteiger charge is -2.17. The van der Waals surface area contributed by atoms with E-state index in [0.717, 1.165) is 12.8 Å². The molecule has 102 valence electrons. The van der Waals surface area contributed by atoms with Gasteiger partial charge in [-0.2, -0.15) is 0 Å². The zero-order chi connectivity index (χ0) is 13.3. The zero-order valence-electron chi connectivity index (χ0n) is 11.9. The van der Waals surface area contributed by atoms with Gasteiger partial charge >= 0.3 is 5.97 Å².